The van der Waals surface area contributed by atoms with E-state index in [1.165, 1.54) is 18.2 Å². The highest BCUT2D eigenvalue weighted by Gasteiger charge is 2.28. The number of nitrogens with two attached hydrogens (primary N) is 1. The summed E-state index contributed by atoms with van der Waals surface area (Å²) < 4.78 is 0. The van der Waals surface area contributed by atoms with Crippen molar-refractivity contribution in [3.05, 3.63) is 28.8 Å². The van der Waals surface area contributed by atoms with Gasteiger partial charge >= 0.3 is 5.97 Å². The highest BCUT2D eigenvalue weighted by atomic mass is 35.5. The van der Waals surface area contributed by atoms with Gasteiger partial charge in [0.2, 0.25) is 0 Å². The van der Waals surface area contributed by atoms with Gasteiger partial charge in [-0.05, 0) is 31.2 Å². The molecule has 1 aromatic rings. The zero-order valence-electron chi connectivity index (χ0n) is 8.89. The zero-order valence-corrected chi connectivity index (χ0v) is 9.65. The van der Waals surface area contributed by atoms with E-state index in [-0.39, 0.29) is 29.3 Å². The number of halogens is 1. The number of hydrogen-bond acceptors (Lipinski definition) is 4. The fourth-order valence-corrected chi connectivity index (χ4v) is 1.60. The van der Waals surface area contributed by atoms with Gasteiger partial charge in [-0.2, -0.15) is 0 Å². The average molecular weight is 258 g/mol. The molecule has 0 fully saturated rings. The predicted molar refractivity (Wildman–Crippen MR) is 62.2 cm³/mol. The molecule has 0 radical (unpaired) electrons. The Bertz CT molecular complexity index is 447. The molecule has 0 amide bonds. The zero-order chi connectivity index (χ0) is 13.0. The molecular formula is C11H12ClNO4. The molecule has 5 nitrogen and oxygen atoms in total. The number of phenols is 1. The lowest BCUT2D eigenvalue weighted by atomic mass is 9.94. The van der Waals surface area contributed by atoms with Crippen LogP contribution >= 0.6 is 11.6 Å². The first kappa shape index (κ1) is 13.5. The number of aromatic hydroxyl groups is 1. The normalized spacial score (nSPS) is 12.1. The van der Waals surface area contributed by atoms with E-state index < -0.39 is 17.7 Å². The van der Waals surface area contributed by atoms with E-state index in [4.69, 9.17) is 22.4 Å². The Morgan fingerprint density at radius 2 is 2.06 bits per heavy atom. The van der Waals surface area contributed by atoms with Crippen LogP contribution in [0.2, 0.25) is 5.02 Å². The SMILES string of the molecule is NCCC(C(=O)O)C(=O)c1ccc(Cl)cc1O. The lowest BCUT2D eigenvalue weighted by Gasteiger charge is -2.11. The van der Waals surface area contributed by atoms with E-state index in [0.29, 0.717) is 0 Å². The van der Waals surface area contributed by atoms with Crippen molar-refractivity contribution in [2.45, 2.75) is 6.42 Å². The number of carbonyl (C=O) groups is 2. The largest absolute Gasteiger partial charge is 0.507 e. The molecule has 1 atom stereocenters. The van der Waals surface area contributed by atoms with E-state index >= 15 is 0 Å². The molecule has 1 unspecified atom stereocenters. The minimum atomic E-state index is -1.25. The highest BCUT2D eigenvalue weighted by Crippen LogP contribution is 2.25. The molecule has 1 rings (SSSR count). The molecule has 0 aliphatic heterocycles. The smallest absolute Gasteiger partial charge is 0.314 e. The maximum Gasteiger partial charge on any atom is 0.314 e. The lowest BCUT2D eigenvalue weighted by molar-refractivity contribution is -0.140. The fraction of sp³-hybridized carbons (Fsp3) is 0.273. The number of rotatable bonds is 5. The number of carboxylic acid groups (broad SMARTS) is 1. The third kappa shape index (κ3) is 3.18. The highest BCUT2D eigenvalue weighted by molar-refractivity contribution is 6.31. The Morgan fingerprint density at radius 1 is 1.41 bits per heavy atom. The molecule has 4 N–H and O–H groups in total. The van der Waals surface area contributed by atoms with Gasteiger partial charge in [-0.1, -0.05) is 11.6 Å². The topological polar surface area (TPSA) is 101 Å². The third-order valence-corrected chi connectivity index (χ3v) is 2.53. The van der Waals surface area contributed by atoms with Crippen LogP contribution in [0.1, 0.15) is 16.8 Å². The molecular weight excluding hydrogens is 246 g/mol. The molecule has 0 aliphatic rings. The van der Waals surface area contributed by atoms with Gasteiger partial charge in [0.05, 0.1) is 5.56 Å². The lowest BCUT2D eigenvalue weighted by Crippen LogP contribution is -2.26. The van der Waals surface area contributed by atoms with Crippen LogP contribution in [0.4, 0.5) is 0 Å². The van der Waals surface area contributed by atoms with Crippen molar-refractivity contribution in [3.63, 3.8) is 0 Å². The van der Waals surface area contributed by atoms with Gasteiger partial charge in [0, 0.05) is 5.02 Å². The Morgan fingerprint density at radius 3 is 2.53 bits per heavy atom. The molecule has 0 spiro atoms. The molecule has 0 bridgehead atoms. The van der Waals surface area contributed by atoms with Crippen LogP contribution in [0.3, 0.4) is 0 Å². The summed E-state index contributed by atoms with van der Waals surface area (Å²) in [4.78, 5) is 22.8. The van der Waals surface area contributed by atoms with Crippen LogP contribution < -0.4 is 5.73 Å². The number of hydrogen-bond donors (Lipinski definition) is 3. The van der Waals surface area contributed by atoms with Crippen molar-refractivity contribution in [1.29, 1.82) is 0 Å². The summed E-state index contributed by atoms with van der Waals surface area (Å²) in [6, 6.07) is 3.90. The predicted octanol–water partition coefficient (Wildman–Crippen LogP) is 1.28. The second-order valence-corrected chi connectivity index (χ2v) is 3.93. The molecule has 0 saturated carbocycles. The maximum atomic E-state index is 11.9. The Labute approximate surface area is 103 Å². The number of ketones is 1. The first-order valence-corrected chi connectivity index (χ1v) is 5.30. The monoisotopic (exact) mass is 257 g/mol. The van der Waals surface area contributed by atoms with E-state index in [0.717, 1.165) is 0 Å². The number of phenolic OH excluding ortho intramolecular Hbond substituents is 1. The number of benzene rings is 1. The minimum Gasteiger partial charge on any atom is -0.507 e. The van der Waals surface area contributed by atoms with Crippen molar-refractivity contribution < 1.29 is 19.8 Å². The molecule has 0 aliphatic carbocycles. The van der Waals surface area contributed by atoms with Gasteiger partial charge in [0.25, 0.3) is 0 Å². The number of Topliss-reactive ketones (excluding diaryl/α,β-unsaturated/α-hetero) is 1. The summed E-state index contributed by atoms with van der Waals surface area (Å²) in [5.41, 5.74) is 5.19. The van der Waals surface area contributed by atoms with Gasteiger partial charge < -0.3 is 15.9 Å². The average Bonchev–Trinajstić information content (AvgIpc) is 2.24. The van der Waals surface area contributed by atoms with Gasteiger partial charge in [-0.3, -0.25) is 9.59 Å². The molecule has 1 aromatic carbocycles. The summed E-state index contributed by atoms with van der Waals surface area (Å²) >= 11 is 5.62. The summed E-state index contributed by atoms with van der Waals surface area (Å²) in [5.74, 6) is -3.50. The molecule has 0 saturated heterocycles. The summed E-state index contributed by atoms with van der Waals surface area (Å²) in [7, 11) is 0. The first-order chi connectivity index (χ1) is 7.97. The van der Waals surface area contributed by atoms with Crippen LogP contribution in [0.25, 0.3) is 0 Å². The van der Waals surface area contributed by atoms with Gasteiger partial charge in [-0.15, -0.1) is 0 Å². The number of carboxylic acids is 1. The van der Waals surface area contributed by atoms with Crippen LogP contribution in [-0.2, 0) is 4.79 Å². The van der Waals surface area contributed by atoms with E-state index in [9.17, 15) is 14.7 Å². The standard InChI is InChI=1S/C11H12ClNO4/c12-6-1-2-7(9(14)5-6)10(15)8(3-4-13)11(16)17/h1-2,5,8,14H,3-4,13H2,(H,16,17). The van der Waals surface area contributed by atoms with Crippen molar-refractivity contribution in [2.75, 3.05) is 6.54 Å². The van der Waals surface area contributed by atoms with Gasteiger partial charge in [-0.25, -0.2) is 0 Å². The first-order valence-electron chi connectivity index (χ1n) is 4.93. The van der Waals surface area contributed by atoms with Crippen LogP contribution in [0.5, 0.6) is 5.75 Å². The van der Waals surface area contributed by atoms with E-state index in [1.54, 1.807) is 0 Å². The maximum absolute atomic E-state index is 11.9. The van der Waals surface area contributed by atoms with Crippen LogP contribution in [0, 0.1) is 5.92 Å². The van der Waals surface area contributed by atoms with Crippen molar-refractivity contribution in [1.82, 2.24) is 0 Å². The molecule has 6 heteroatoms. The van der Waals surface area contributed by atoms with E-state index in [1.807, 2.05) is 0 Å². The third-order valence-electron chi connectivity index (χ3n) is 2.30. The Hall–Kier alpha value is -1.59. The number of carbonyl (C=O) groups excluding carboxylic acids is 1. The molecule has 0 heterocycles. The molecule has 0 aromatic heterocycles. The molecule has 17 heavy (non-hydrogen) atoms. The summed E-state index contributed by atoms with van der Waals surface area (Å²) in [5, 5.41) is 18.7. The second kappa shape index (κ2) is 5.65. The second-order valence-electron chi connectivity index (χ2n) is 3.49. The van der Waals surface area contributed by atoms with Gasteiger partial charge in [0.15, 0.2) is 5.78 Å². The molecule has 92 valence electrons. The quantitative estimate of drug-likeness (QED) is 0.545. The Balaban J connectivity index is 3.05. The van der Waals surface area contributed by atoms with Crippen molar-refractivity contribution >= 4 is 23.4 Å². The van der Waals surface area contributed by atoms with Crippen molar-refractivity contribution in [3.8, 4) is 5.75 Å². The van der Waals surface area contributed by atoms with Crippen LogP contribution in [0.15, 0.2) is 18.2 Å². The summed E-state index contributed by atoms with van der Waals surface area (Å²) in [6.07, 6.45) is 0.0240. The van der Waals surface area contributed by atoms with Crippen molar-refractivity contribution in [2.24, 2.45) is 11.7 Å². The van der Waals surface area contributed by atoms with E-state index in [2.05, 4.69) is 0 Å². The summed E-state index contributed by atoms with van der Waals surface area (Å²) in [6.45, 7) is 0.0804. The van der Waals surface area contributed by atoms with Crippen LogP contribution in [-0.4, -0.2) is 28.5 Å². The van der Waals surface area contributed by atoms with Gasteiger partial charge in [0.1, 0.15) is 11.7 Å². The minimum absolute atomic E-state index is 0.0240. The fourth-order valence-electron chi connectivity index (χ4n) is 1.43. The number of aliphatic carboxylic acids is 1. The Kier molecular flexibility index (Phi) is 4.48.